The maximum Gasteiger partial charge on any atom is 0.245 e. The first kappa shape index (κ1) is 32.1. The lowest BCUT2D eigenvalue weighted by Crippen LogP contribution is -2.56. The predicted octanol–water partition coefficient (Wildman–Crippen LogP) is 0.882. The second-order valence-electron chi connectivity index (χ2n) is 11.6. The molecule has 0 fully saturated rings. The van der Waals surface area contributed by atoms with Crippen LogP contribution in [0.4, 0.5) is 0 Å². The fourth-order valence-corrected chi connectivity index (χ4v) is 4.44. The number of hydrogen-bond donors (Lipinski definition) is 5. The number of nitrogens with zero attached hydrogens (tertiary/aromatic N) is 3. The van der Waals surface area contributed by atoms with Crippen LogP contribution in [0.1, 0.15) is 45.1 Å². The molecular weight excluding hydrogens is 566 g/mol. The molecule has 2 aromatic carbocycles. The minimum Gasteiger partial charge on any atom is -0.492 e. The summed E-state index contributed by atoms with van der Waals surface area (Å²) in [6, 6.07) is 13.1. The van der Waals surface area contributed by atoms with Gasteiger partial charge >= 0.3 is 0 Å². The number of rotatable bonds is 3. The number of carbonyl (C=O) groups is 4. The van der Waals surface area contributed by atoms with Gasteiger partial charge in [0.25, 0.3) is 0 Å². The fourth-order valence-electron chi connectivity index (χ4n) is 4.44. The van der Waals surface area contributed by atoms with E-state index in [-0.39, 0.29) is 37.9 Å². The molecule has 3 heterocycles. The van der Waals surface area contributed by atoms with Crippen molar-refractivity contribution < 1.29 is 29.0 Å². The average molecular weight is 606 g/mol. The molecule has 234 valence electrons. The van der Waals surface area contributed by atoms with Gasteiger partial charge < -0.3 is 31.1 Å². The van der Waals surface area contributed by atoms with Gasteiger partial charge in [0.1, 0.15) is 36.8 Å². The van der Waals surface area contributed by atoms with Gasteiger partial charge in [-0.05, 0) is 24.6 Å². The summed E-state index contributed by atoms with van der Waals surface area (Å²) in [5, 5.41) is 25.5. The zero-order chi connectivity index (χ0) is 31.9. The van der Waals surface area contributed by atoms with Gasteiger partial charge in [0.2, 0.25) is 23.6 Å². The molecule has 2 aliphatic rings. The highest BCUT2D eigenvalue weighted by Gasteiger charge is 2.31. The third-order valence-electron chi connectivity index (χ3n) is 6.95. The Labute approximate surface area is 255 Å². The smallest absolute Gasteiger partial charge is 0.245 e. The second kappa shape index (κ2) is 14.1. The Morgan fingerprint density at radius 3 is 2.41 bits per heavy atom. The second-order valence-corrected chi connectivity index (χ2v) is 11.6. The van der Waals surface area contributed by atoms with Crippen LogP contribution in [0, 0.1) is 5.41 Å². The largest absolute Gasteiger partial charge is 0.492 e. The molecule has 0 spiro atoms. The zero-order valence-electron chi connectivity index (χ0n) is 25.3. The van der Waals surface area contributed by atoms with Crippen molar-refractivity contribution in [3.63, 3.8) is 0 Å². The Hall–Kier alpha value is -4.78. The number of benzene rings is 2. The van der Waals surface area contributed by atoms with E-state index < -0.39 is 42.0 Å². The van der Waals surface area contributed by atoms with Crippen LogP contribution >= 0.6 is 0 Å². The molecule has 44 heavy (non-hydrogen) atoms. The number of aliphatic hydroxyl groups is 1. The molecule has 3 atom stereocenters. The van der Waals surface area contributed by atoms with E-state index in [1.807, 2.05) is 30.3 Å². The first-order valence-electron chi connectivity index (χ1n) is 14.5. The molecule has 1 aromatic heterocycles. The molecule has 3 aromatic rings. The average Bonchev–Trinajstić information content (AvgIpc) is 3.41. The maximum atomic E-state index is 13.4. The van der Waals surface area contributed by atoms with Crippen LogP contribution in [0.3, 0.4) is 0 Å². The lowest BCUT2D eigenvalue weighted by atomic mass is 9.94. The summed E-state index contributed by atoms with van der Waals surface area (Å²) in [7, 11) is 0. The minimum atomic E-state index is -1.33. The number of carbonyl (C=O) groups excluding carboxylic acids is 4. The number of ether oxygens (including phenoxy) is 1. The van der Waals surface area contributed by atoms with E-state index in [2.05, 4.69) is 31.3 Å². The van der Waals surface area contributed by atoms with E-state index in [4.69, 9.17) is 4.74 Å². The van der Waals surface area contributed by atoms with Crippen molar-refractivity contribution in [3.05, 3.63) is 66.0 Å². The normalized spacial score (nSPS) is 20.4. The molecule has 2 bridgehead atoms. The van der Waals surface area contributed by atoms with Crippen molar-refractivity contribution in [2.75, 3.05) is 19.8 Å². The molecule has 13 nitrogen and oxygen atoms in total. The molecule has 0 saturated heterocycles. The maximum absolute atomic E-state index is 13.4. The Morgan fingerprint density at radius 2 is 1.75 bits per heavy atom. The first-order chi connectivity index (χ1) is 20.9. The van der Waals surface area contributed by atoms with E-state index in [9.17, 15) is 24.3 Å². The van der Waals surface area contributed by atoms with Crippen molar-refractivity contribution in [2.24, 2.45) is 5.41 Å². The molecule has 0 unspecified atom stereocenters. The van der Waals surface area contributed by atoms with Crippen LogP contribution in [0.5, 0.6) is 5.75 Å². The Balaban J connectivity index is 1.64. The number of nitrogens with one attached hydrogen (secondary N) is 4. The molecule has 2 aliphatic heterocycles. The standard InChI is InChI=1S/C31H39N7O6/c1-19-27-36-26(21-8-6-5-7-9-21)37-38(27)17-25(40)32-14-15-44-22-12-10-20(11-13-22)16-23(35-30(43)31(2,3)4)28(41)34-24(18-39)29(42)33-19/h5-13,19,23-24,39H,14-18H2,1-4H3,(H,32,40)(H,33,42)(H,34,41)(H,35,43)/t19-,23-,24-/m0/s1. The highest BCUT2D eigenvalue weighted by Crippen LogP contribution is 2.20. The number of aliphatic hydroxyl groups excluding tert-OH is 1. The summed E-state index contributed by atoms with van der Waals surface area (Å²) in [6.07, 6.45) is 0.130. The summed E-state index contributed by atoms with van der Waals surface area (Å²) >= 11 is 0. The van der Waals surface area contributed by atoms with E-state index >= 15 is 0 Å². The van der Waals surface area contributed by atoms with Crippen LogP contribution in [0.25, 0.3) is 11.4 Å². The summed E-state index contributed by atoms with van der Waals surface area (Å²) in [6.45, 7) is 6.45. The molecular formula is C31H39N7O6. The number of fused-ring (bicyclic) bond motifs is 14. The summed E-state index contributed by atoms with van der Waals surface area (Å²) < 4.78 is 7.17. The molecule has 0 aliphatic carbocycles. The number of hydrogen-bond acceptors (Lipinski definition) is 8. The lowest BCUT2D eigenvalue weighted by Gasteiger charge is -2.26. The SMILES string of the molecule is C[C@@H]1NC(=O)[C@H](CO)NC(=O)[C@@H](NC(=O)C(C)(C)C)Cc2ccc(cc2)OCCNC(=O)Cn2nc(-c3ccccc3)nc21. The number of aromatic nitrogens is 3. The van der Waals surface area contributed by atoms with Gasteiger partial charge in [-0.1, -0.05) is 63.2 Å². The predicted molar refractivity (Wildman–Crippen MR) is 161 cm³/mol. The quantitative estimate of drug-likeness (QED) is 0.292. The summed E-state index contributed by atoms with van der Waals surface area (Å²) in [5.74, 6) is -0.752. The molecule has 5 N–H and O–H groups in total. The van der Waals surface area contributed by atoms with Crippen LogP contribution in [-0.2, 0) is 32.1 Å². The molecule has 0 saturated carbocycles. The molecule has 0 radical (unpaired) electrons. The fraction of sp³-hybridized carbons (Fsp3) is 0.419. The summed E-state index contributed by atoms with van der Waals surface area (Å²) in [4.78, 5) is 57.0. The third-order valence-corrected chi connectivity index (χ3v) is 6.95. The monoisotopic (exact) mass is 605 g/mol. The highest BCUT2D eigenvalue weighted by molar-refractivity contribution is 5.93. The van der Waals surface area contributed by atoms with Gasteiger partial charge in [0, 0.05) is 17.4 Å². The Kier molecular flexibility index (Phi) is 10.3. The van der Waals surface area contributed by atoms with Crippen molar-refractivity contribution >= 4 is 23.6 Å². The lowest BCUT2D eigenvalue weighted by molar-refractivity contribution is -0.135. The van der Waals surface area contributed by atoms with E-state index in [1.165, 1.54) is 4.68 Å². The van der Waals surface area contributed by atoms with Gasteiger partial charge in [0.05, 0.1) is 19.2 Å². The molecule has 5 rings (SSSR count). The van der Waals surface area contributed by atoms with Gasteiger partial charge in [-0.2, -0.15) is 5.10 Å². The number of amides is 4. The Bertz CT molecular complexity index is 1470. The zero-order valence-corrected chi connectivity index (χ0v) is 25.3. The third kappa shape index (κ3) is 8.40. The van der Waals surface area contributed by atoms with Crippen LogP contribution < -0.4 is 26.0 Å². The van der Waals surface area contributed by atoms with Crippen LogP contribution in [-0.4, -0.2) is 75.3 Å². The van der Waals surface area contributed by atoms with Gasteiger partial charge in [0.15, 0.2) is 5.82 Å². The van der Waals surface area contributed by atoms with Gasteiger partial charge in [-0.15, -0.1) is 0 Å². The van der Waals surface area contributed by atoms with Crippen LogP contribution in [0.15, 0.2) is 54.6 Å². The molecule has 13 heteroatoms. The van der Waals surface area contributed by atoms with Crippen molar-refractivity contribution in [2.45, 2.75) is 58.8 Å². The van der Waals surface area contributed by atoms with Crippen molar-refractivity contribution in [3.8, 4) is 17.1 Å². The van der Waals surface area contributed by atoms with Crippen molar-refractivity contribution in [1.29, 1.82) is 0 Å². The molecule has 4 amide bonds. The topological polar surface area (TPSA) is 177 Å². The first-order valence-corrected chi connectivity index (χ1v) is 14.5. The minimum absolute atomic E-state index is 0.130. The van der Waals surface area contributed by atoms with E-state index in [1.54, 1.807) is 52.0 Å². The Morgan fingerprint density at radius 1 is 1.05 bits per heavy atom. The highest BCUT2D eigenvalue weighted by atomic mass is 16.5. The van der Waals surface area contributed by atoms with Crippen LogP contribution in [0.2, 0.25) is 0 Å². The van der Waals surface area contributed by atoms with E-state index in [0.717, 1.165) is 11.1 Å². The van der Waals surface area contributed by atoms with Gasteiger partial charge in [-0.25, -0.2) is 9.67 Å². The van der Waals surface area contributed by atoms with Gasteiger partial charge in [-0.3, -0.25) is 19.2 Å². The van der Waals surface area contributed by atoms with Crippen molar-refractivity contribution in [1.82, 2.24) is 36.0 Å². The summed E-state index contributed by atoms with van der Waals surface area (Å²) in [5.41, 5.74) is 0.690. The van der Waals surface area contributed by atoms with E-state index in [0.29, 0.717) is 17.4 Å².